The van der Waals surface area contributed by atoms with E-state index in [4.69, 9.17) is 0 Å². The van der Waals surface area contributed by atoms with Crippen molar-refractivity contribution in [3.05, 3.63) is 65.5 Å². The predicted octanol–water partition coefficient (Wildman–Crippen LogP) is -5.64. The summed E-state index contributed by atoms with van der Waals surface area (Å²) >= 11 is 14.5. The van der Waals surface area contributed by atoms with Gasteiger partial charge in [-0.05, 0) is 203 Å². The third-order valence-corrected chi connectivity index (χ3v) is 22.5. The van der Waals surface area contributed by atoms with Gasteiger partial charge in [0.25, 0.3) is 53.2 Å². The molecule has 3 rings (SSSR count). The van der Waals surface area contributed by atoms with Crippen LogP contribution in [0, 0.1) is 32.1 Å². The van der Waals surface area contributed by atoms with Crippen molar-refractivity contribution in [1.82, 2.24) is 31.5 Å². The van der Waals surface area contributed by atoms with Gasteiger partial charge < -0.3 is 134 Å². The highest BCUT2D eigenvalue weighted by Gasteiger charge is 2.37. The molecule has 0 aliphatic heterocycles. The number of nitrogens with zero attached hydrogens (tertiary/aromatic N) is 1. The zero-order valence-electron chi connectivity index (χ0n) is 48.2. The van der Waals surface area contributed by atoms with Crippen LogP contribution in [-0.4, -0.2) is 297 Å². The normalized spacial score (nSPS) is 14.9. The van der Waals surface area contributed by atoms with Crippen molar-refractivity contribution in [2.75, 3.05) is 101 Å². The molecule has 95 heavy (non-hydrogen) atoms. The minimum Gasteiger partial charge on any atom is -0.394 e. The van der Waals surface area contributed by atoms with Gasteiger partial charge in [-0.1, -0.05) is 0 Å². The quantitative estimate of drug-likeness (QED) is 0.0244. The number of aliphatic hydroxyl groups excluding tert-OH is 17. The highest BCUT2D eigenvalue weighted by molar-refractivity contribution is 14.1. The van der Waals surface area contributed by atoms with Crippen molar-refractivity contribution >= 4 is 274 Å². The lowest BCUT2D eigenvalue weighted by atomic mass is 10.1. The van der Waals surface area contributed by atoms with E-state index in [1.165, 1.54) is 0 Å². The summed E-state index contributed by atoms with van der Waals surface area (Å²) in [7, 11) is 0. The molecular weight excluding hydrogens is 2300 g/mol. The van der Waals surface area contributed by atoms with Crippen LogP contribution < -0.4 is 42.5 Å². The summed E-state index contributed by atoms with van der Waals surface area (Å²) in [6.45, 7) is -10.7. The molecule has 0 bridgehead atoms. The molecule has 44 heteroatoms. The molecule has 35 nitrogen and oxygen atoms in total. The standard InChI is InChI=1S/C51H62I9N9O26/c52-28-22(31(55)37(66-48(92)40(84)19(81)11-73)33(57)24(28)45(89)63-3-16(78)8-70)43(87)61-1-14(76)6-69(51(95)27-30(54)26(47(91)65-5-18(80)10-72)35(59)39(36(27)60)68-50(94)42(86)21(83)13-75)7-15(77)2-62-44(88)23-29(53)25(46(90)64-4-17(79)9-71)34(58)38(32(23)56)67-49(93)41(85)20(82)12-74/h14-21,40-42,70-86H,1-13H2,(H,61,87)(H,62,88)(H,63,89)(H,64,90)(H,65,91)(H,66,92)(H,67,93)(H,68,94). The van der Waals surface area contributed by atoms with Gasteiger partial charge in [-0.2, -0.15) is 0 Å². The summed E-state index contributed by atoms with van der Waals surface area (Å²) in [6.07, 6.45) is -21.1. The Kier molecular flexibility index (Phi) is 38.7. The summed E-state index contributed by atoms with van der Waals surface area (Å²) in [6, 6.07) is 0. The van der Waals surface area contributed by atoms with E-state index in [0.717, 1.165) is 4.90 Å². The zero-order valence-corrected chi connectivity index (χ0v) is 67.6. The first kappa shape index (κ1) is 88.0. The van der Waals surface area contributed by atoms with Gasteiger partial charge >= 0.3 is 0 Å². The van der Waals surface area contributed by atoms with Gasteiger partial charge in [0.2, 0.25) is 0 Å². The SMILES string of the molecule is O=C(NCC(O)CO)c1c(I)c(NC(=O)C(O)C(O)CO)c(I)c(C(=O)NCC(O)CN(CC(O)CNC(=O)c2c(I)c(NC(=O)C(O)C(O)CO)c(I)c(C(=O)NCC(O)CO)c2I)C(=O)c2c(I)c(NC(=O)C(O)C(O)CO)c(I)c(C(=O)NCC(O)CO)c2I)c1I. The van der Waals surface area contributed by atoms with Gasteiger partial charge in [0.15, 0.2) is 18.3 Å². The Bertz CT molecular complexity index is 3190. The van der Waals surface area contributed by atoms with Crippen LogP contribution in [0.2, 0.25) is 0 Å². The summed E-state index contributed by atoms with van der Waals surface area (Å²) in [5.74, 6) is -10.3. The number of carbonyl (C=O) groups excluding carboxylic acids is 9. The van der Waals surface area contributed by atoms with Gasteiger partial charge in [0.05, 0.1) is 142 Å². The van der Waals surface area contributed by atoms with Crippen molar-refractivity contribution in [2.45, 2.75) is 67.1 Å². The van der Waals surface area contributed by atoms with Crippen LogP contribution in [0.3, 0.4) is 0 Å². The number of carbonyl (C=O) groups is 9. The summed E-state index contributed by atoms with van der Waals surface area (Å²) in [4.78, 5) is 126. The van der Waals surface area contributed by atoms with Crippen LogP contribution in [-0.2, 0) is 14.4 Å². The number of halogens is 9. The number of amides is 9. The summed E-state index contributed by atoms with van der Waals surface area (Å²) < 4.78 is -1.14. The molecule has 530 valence electrons. The fraction of sp³-hybridized carbons (Fsp3) is 0.471. The van der Waals surface area contributed by atoms with Crippen LogP contribution >= 0.6 is 203 Å². The molecule has 0 aliphatic carbocycles. The van der Waals surface area contributed by atoms with Crippen LogP contribution in [0.15, 0.2) is 0 Å². The van der Waals surface area contributed by atoms with Crippen LogP contribution in [0.5, 0.6) is 0 Å². The number of hydrogen-bond donors (Lipinski definition) is 25. The maximum absolute atomic E-state index is 15.4. The number of nitrogens with one attached hydrogen (secondary N) is 8. The molecule has 0 spiro atoms. The number of hydrogen-bond acceptors (Lipinski definition) is 26. The van der Waals surface area contributed by atoms with E-state index >= 15 is 4.79 Å². The molecule has 3 aromatic carbocycles. The smallest absolute Gasteiger partial charge is 0.256 e. The minimum absolute atomic E-state index is 0.0605. The maximum Gasteiger partial charge on any atom is 0.256 e. The van der Waals surface area contributed by atoms with E-state index in [1.54, 1.807) is 203 Å². The molecule has 0 saturated carbocycles. The lowest BCUT2D eigenvalue weighted by Crippen LogP contribution is -2.48. The van der Waals surface area contributed by atoms with Crippen molar-refractivity contribution < 1.29 is 130 Å². The lowest BCUT2D eigenvalue weighted by Gasteiger charge is -2.30. The highest BCUT2D eigenvalue weighted by Crippen LogP contribution is 2.39. The molecule has 0 heterocycles. The van der Waals surface area contributed by atoms with E-state index in [-0.39, 0.29) is 71.4 Å². The van der Waals surface area contributed by atoms with Crippen molar-refractivity contribution in [3.63, 3.8) is 0 Å². The number of rotatable bonds is 35. The second-order valence-electron chi connectivity index (χ2n) is 19.8. The van der Waals surface area contributed by atoms with E-state index < -0.39 is 217 Å². The van der Waals surface area contributed by atoms with E-state index in [2.05, 4.69) is 42.5 Å². The van der Waals surface area contributed by atoms with E-state index in [0.29, 0.717) is 0 Å². The molecule has 0 aromatic heterocycles. The maximum atomic E-state index is 15.4. The fourth-order valence-corrected chi connectivity index (χ4v) is 20.9. The van der Waals surface area contributed by atoms with E-state index in [9.17, 15) is 125 Å². The average molecular weight is 2360 g/mol. The Morgan fingerprint density at radius 1 is 0.295 bits per heavy atom. The largest absolute Gasteiger partial charge is 0.394 e. The number of anilines is 3. The van der Waals surface area contributed by atoms with Crippen LogP contribution in [0.25, 0.3) is 0 Å². The molecule has 25 N–H and O–H groups in total. The molecule has 0 radical (unpaired) electrons. The third-order valence-electron chi connectivity index (χ3n) is 12.8. The van der Waals surface area contributed by atoms with Gasteiger partial charge in [-0.3, -0.25) is 43.2 Å². The van der Waals surface area contributed by atoms with Gasteiger partial charge in [-0.15, -0.1) is 0 Å². The Labute approximate surface area is 660 Å². The Morgan fingerprint density at radius 3 is 0.705 bits per heavy atom. The van der Waals surface area contributed by atoms with E-state index in [1.807, 2.05) is 0 Å². The topological polar surface area (TPSA) is 597 Å². The Morgan fingerprint density at radius 2 is 0.495 bits per heavy atom. The second kappa shape index (κ2) is 41.8. The van der Waals surface area contributed by atoms with Crippen molar-refractivity contribution in [3.8, 4) is 0 Å². The Balaban J connectivity index is 2.32. The number of benzene rings is 3. The first-order valence-electron chi connectivity index (χ1n) is 26.8. The average Bonchev–Trinajstić information content (AvgIpc) is 0.780. The fourth-order valence-electron chi connectivity index (χ4n) is 7.65. The third kappa shape index (κ3) is 23.7. The summed E-state index contributed by atoms with van der Waals surface area (Å²) in [5.41, 5.74) is -3.20. The van der Waals surface area contributed by atoms with Crippen molar-refractivity contribution in [1.29, 1.82) is 0 Å². The summed E-state index contributed by atoms with van der Waals surface area (Å²) in [5, 5.41) is 191. The minimum atomic E-state index is -2.32. The van der Waals surface area contributed by atoms with Gasteiger partial charge in [-0.25, -0.2) is 0 Å². The molecule has 11 unspecified atom stereocenters. The van der Waals surface area contributed by atoms with Gasteiger partial charge in [0.1, 0.15) is 18.3 Å². The molecule has 9 amide bonds. The lowest BCUT2D eigenvalue weighted by molar-refractivity contribution is -0.131. The predicted molar refractivity (Wildman–Crippen MR) is 406 cm³/mol. The molecule has 0 aliphatic rings. The molecule has 0 fully saturated rings. The monoisotopic (exact) mass is 2360 g/mol. The molecule has 3 aromatic rings. The van der Waals surface area contributed by atoms with Gasteiger partial charge in [0, 0.05) is 56.5 Å². The second-order valence-corrected chi connectivity index (χ2v) is 29.5. The first-order valence-corrected chi connectivity index (χ1v) is 36.5. The molecule has 0 saturated heterocycles. The highest BCUT2D eigenvalue weighted by atomic mass is 127. The zero-order chi connectivity index (χ0) is 72.4. The van der Waals surface area contributed by atoms with Crippen LogP contribution in [0.1, 0.15) is 62.1 Å². The first-order chi connectivity index (χ1) is 44.4. The van der Waals surface area contributed by atoms with Crippen molar-refractivity contribution in [2.24, 2.45) is 0 Å². The number of aliphatic hydroxyl groups is 17. The van der Waals surface area contributed by atoms with Crippen LogP contribution in [0.4, 0.5) is 17.1 Å². The Hall–Kier alpha value is -1.22. The molecule has 11 atom stereocenters. The molecular formula is C51H62I9N9O26.